The number of carbonyl (C=O) groups is 1. The van der Waals surface area contributed by atoms with Crippen LogP contribution in [0.15, 0.2) is 24.3 Å². The van der Waals surface area contributed by atoms with Gasteiger partial charge in [0.1, 0.15) is 0 Å². The Hall–Kier alpha value is -1.20. The van der Waals surface area contributed by atoms with Gasteiger partial charge in [-0.2, -0.15) is 0 Å². The average Bonchev–Trinajstić information content (AvgIpc) is 2.47. The van der Waals surface area contributed by atoms with E-state index in [-0.39, 0.29) is 11.2 Å². The summed E-state index contributed by atoms with van der Waals surface area (Å²) in [6, 6.07) is 7.64. The van der Waals surface area contributed by atoms with E-state index in [9.17, 15) is 9.00 Å². The van der Waals surface area contributed by atoms with Gasteiger partial charge in [0.15, 0.2) is 0 Å². The predicted octanol–water partition coefficient (Wildman–Crippen LogP) is 3.10. The third-order valence-electron chi connectivity index (χ3n) is 3.72. The Morgan fingerprint density at radius 1 is 1.32 bits per heavy atom. The zero-order chi connectivity index (χ0) is 16.2. The molecule has 1 unspecified atom stereocenters. The molecule has 0 aromatic heterocycles. The largest absolute Gasteiger partial charge is 0.381 e. The predicted molar refractivity (Wildman–Crippen MR) is 90.2 cm³/mol. The van der Waals surface area contributed by atoms with Gasteiger partial charge in [-0.15, -0.1) is 0 Å². The average molecular weight is 323 g/mol. The molecule has 1 aromatic rings. The number of ether oxygens (including phenoxy) is 1. The minimum atomic E-state index is -0.888. The van der Waals surface area contributed by atoms with E-state index in [1.54, 1.807) is 0 Å². The standard InChI is InChI=1S/C17H25NO3S/c1-17(2,3)16(19)18-14-6-4-5-13(11-14)12-22(20)15-7-9-21-10-8-15/h4-6,11,15H,7-10,12H2,1-3H3,(H,18,19). The summed E-state index contributed by atoms with van der Waals surface area (Å²) in [7, 11) is -0.888. The second-order valence-electron chi connectivity index (χ2n) is 6.74. The van der Waals surface area contributed by atoms with E-state index < -0.39 is 16.2 Å². The van der Waals surface area contributed by atoms with Crippen LogP contribution in [0.3, 0.4) is 0 Å². The Balaban J connectivity index is 1.99. The molecule has 0 bridgehead atoms. The Bertz CT molecular complexity index is 545. The molecule has 1 amide bonds. The van der Waals surface area contributed by atoms with Crippen molar-refractivity contribution in [2.75, 3.05) is 18.5 Å². The lowest BCUT2D eigenvalue weighted by molar-refractivity contribution is -0.123. The van der Waals surface area contributed by atoms with Crippen molar-refractivity contribution in [3.05, 3.63) is 29.8 Å². The van der Waals surface area contributed by atoms with Crippen LogP contribution in [0.4, 0.5) is 5.69 Å². The number of hydrogen-bond donors (Lipinski definition) is 1. The van der Waals surface area contributed by atoms with Gasteiger partial charge in [-0.1, -0.05) is 32.9 Å². The smallest absolute Gasteiger partial charge is 0.229 e. The minimum Gasteiger partial charge on any atom is -0.381 e. The monoisotopic (exact) mass is 323 g/mol. The molecular weight excluding hydrogens is 298 g/mol. The third-order valence-corrected chi connectivity index (χ3v) is 5.55. The highest BCUT2D eigenvalue weighted by atomic mass is 32.2. The molecule has 2 rings (SSSR count). The van der Waals surface area contributed by atoms with Gasteiger partial charge in [0.05, 0.1) is 0 Å². The lowest BCUT2D eigenvalue weighted by Crippen LogP contribution is -2.27. The van der Waals surface area contributed by atoms with Gasteiger partial charge in [0.2, 0.25) is 5.91 Å². The first-order chi connectivity index (χ1) is 10.4. The molecule has 5 heteroatoms. The Kier molecular flexibility index (Phi) is 5.75. The van der Waals surface area contributed by atoms with Crippen molar-refractivity contribution >= 4 is 22.4 Å². The lowest BCUT2D eigenvalue weighted by atomic mass is 9.95. The van der Waals surface area contributed by atoms with Crippen LogP contribution >= 0.6 is 0 Å². The summed E-state index contributed by atoms with van der Waals surface area (Å²) >= 11 is 0. The molecule has 1 aliphatic heterocycles. The van der Waals surface area contributed by atoms with Gasteiger partial charge >= 0.3 is 0 Å². The molecule has 0 aliphatic carbocycles. The first-order valence-electron chi connectivity index (χ1n) is 7.71. The van der Waals surface area contributed by atoms with Crippen LogP contribution in [0.25, 0.3) is 0 Å². The Labute approximate surface area is 135 Å². The van der Waals surface area contributed by atoms with Crippen LogP contribution in [-0.2, 0) is 26.1 Å². The summed E-state index contributed by atoms with van der Waals surface area (Å²) in [5, 5.41) is 3.14. The molecule has 1 aliphatic rings. The Morgan fingerprint density at radius 3 is 2.64 bits per heavy atom. The molecule has 1 fully saturated rings. The maximum Gasteiger partial charge on any atom is 0.229 e. The molecule has 122 valence electrons. The number of anilines is 1. The van der Waals surface area contributed by atoms with E-state index in [2.05, 4.69) is 5.32 Å². The van der Waals surface area contributed by atoms with Crippen molar-refractivity contribution in [1.29, 1.82) is 0 Å². The van der Waals surface area contributed by atoms with E-state index in [1.807, 2.05) is 45.0 Å². The van der Waals surface area contributed by atoms with Gasteiger partial charge in [-0.25, -0.2) is 0 Å². The summed E-state index contributed by atoms with van der Waals surface area (Å²) in [4.78, 5) is 12.0. The maximum atomic E-state index is 12.4. The minimum absolute atomic E-state index is 0.0183. The summed E-state index contributed by atoms with van der Waals surface area (Å²) in [6.07, 6.45) is 1.74. The molecule has 1 heterocycles. The fourth-order valence-electron chi connectivity index (χ4n) is 2.28. The van der Waals surface area contributed by atoms with Crippen molar-refractivity contribution in [3.8, 4) is 0 Å². The molecule has 1 atom stereocenters. The first kappa shape index (κ1) is 17.2. The molecule has 22 heavy (non-hydrogen) atoms. The van der Waals surface area contributed by atoms with E-state index in [4.69, 9.17) is 4.74 Å². The number of carbonyl (C=O) groups excluding carboxylic acids is 1. The van der Waals surface area contributed by atoms with E-state index >= 15 is 0 Å². The number of rotatable bonds is 4. The van der Waals surface area contributed by atoms with Crippen LogP contribution in [0.5, 0.6) is 0 Å². The van der Waals surface area contributed by atoms with Gasteiger partial charge in [0.25, 0.3) is 0 Å². The van der Waals surface area contributed by atoms with Crippen LogP contribution in [-0.4, -0.2) is 28.6 Å². The SMILES string of the molecule is CC(C)(C)C(=O)Nc1cccc(CS(=O)C2CCOCC2)c1. The summed E-state index contributed by atoms with van der Waals surface area (Å²) in [5.74, 6) is 0.513. The number of nitrogens with one attached hydrogen (secondary N) is 1. The lowest BCUT2D eigenvalue weighted by Gasteiger charge is -2.21. The highest BCUT2D eigenvalue weighted by Crippen LogP contribution is 2.21. The zero-order valence-electron chi connectivity index (χ0n) is 13.6. The fraction of sp³-hybridized carbons (Fsp3) is 0.588. The molecular formula is C17H25NO3S. The van der Waals surface area contributed by atoms with Gasteiger partial charge in [-0.3, -0.25) is 9.00 Å². The van der Waals surface area contributed by atoms with Gasteiger partial charge in [-0.05, 0) is 30.5 Å². The highest BCUT2D eigenvalue weighted by Gasteiger charge is 2.22. The second kappa shape index (κ2) is 7.38. The van der Waals surface area contributed by atoms with E-state index in [1.165, 1.54) is 0 Å². The zero-order valence-corrected chi connectivity index (χ0v) is 14.4. The number of hydrogen-bond acceptors (Lipinski definition) is 3. The van der Waals surface area contributed by atoms with E-state index in [0.717, 1.165) is 24.1 Å². The normalized spacial score (nSPS) is 18.0. The van der Waals surface area contributed by atoms with Crippen molar-refractivity contribution in [2.45, 2.75) is 44.6 Å². The number of amides is 1. The van der Waals surface area contributed by atoms with Crippen LogP contribution in [0.1, 0.15) is 39.2 Å². The second-order valence-corrected chi connectivity index (χ2v) is 8.46. The van der Waals surface area contributed by atoms with Crippen molar-refractivity contribution in [3.63, 3.8) is 0 Å². The molecule has 1 N–H and O–H groups in total. The number of benzene rings is 1. The summed E-state index contributed by atoms with van der Waals surface area (Å²) in [6.45, 7) is 7.06. The maximum absolute atomic E-state index is 12.4. The molecule has 1 aromatic carbocycles. The quantitative estimate of drug-likeness (QED) is 0.926. The third kappa shape index (κ3) is 4.92. The fourth-order valence-corrected chi connectivity index (χ4v) is 3.74. The van der Waals surface area contributed by atoms with Crippen LogP contribution < -0.4 is 5.32 Å². The van der Waals surface area contributed by atoms with Crippen molar-refractivity contribution in [1.82, 2.24) is 0 Å². The van der Waals surface area contributed by atoms with Crippen LogP contribution in [0, 0.1) is 5.41 Å². The van der Waals surface area contributed by atoms with Gasteiger partial charge in [0, 0.05) is 46.1 Å². The molecule has 0 radical (unpaired) electrons. The first-order valence-corrected chi connectivity index (χ1v) is 9.10. The highest BCUT2D eigenvalue weighted by molar-refractivity contribution is 7.84. The Morgan fingerprint density at radius 2 is 2.00 bits per heavy atom. The molecule has 0 saturated carbocycles. The summed E-state index contributed by atoms with van der Waals surface area (Å²) in [5.41, 5.74) is 1.33. The topological polar surface area (TPSA) is 55.4 Å². The van der Waals surface area contributed by atoms with Crippen molar-refractivity contribution in [2.24, 2.45) is 5.41 Å². The van der Waals surface area contributed by atoms with Gasteiger partial charge < -0.3 is 10.1 Å². The molecule has 1 saturated heterocycles. The summed E-state index contributed by atoms with van der Waals surface area (Å²) < 4.78 is 17.7. The van der Waals surface area contributed by atoms with E-state index in [0.29, 0.717) is 19.0 Å². The van der Waals surface area contributed by atoms with Crippen molar-refractivity contribution < 1.29 is 13.7 Å². The molecule has 4 nitrogen and oxygen atoms in total. The van der Waals surface area contributed by atoms with Crippen LogP contribution in [0.2, 0.25) is 0 Å². The molecule has 0 spiro atoms.